The Morgan fingerprint density at radius 3 is 2.52 bits per heavy atom. The second-order valence-electron chi connectivity index (χ2n) is 5.55. The van der Waals surface area contributed by atoms with E-state index < -0.39 is 0 Å². The number of hydrogen-bond acceptors (Lipinski definition) is 3. The number of rotatable bonds is 5. The van der Waals surface area contributed by atoms with Crippen LogP contribution in [0.15, 0.2) is 47.2 Å². The minimum absolute atomic E-state index is 0.790. The molecule has 1 N–H and O–H groups in total. The molecule has 1 aliphatic rings. The van der Waals surface area contributed by atoms with Crippen LogP contribution >= 0.6 is 15.9 Å². The molecule has 0 bridgehead atoms. The van der Waals surface area contributed by atoms with Crippen LogP contribution in [0.2, 0.25) is 0 Å². The highest BCUT2D eigenvalue weighted by molar-refractivity contribution is 9.10. The van der Waals surface area contributed by atoms with Crippen LogP contribution in [0.4, 0.5) is 5.69 Å². The first-order valence-corrected chi connectivity index (χ1v) is 8.23. The zero-order chi connectivity index (χ0) is 14.5. The van der Waals surface area contributed by atoms with Crippen LogP contribution in [-0.4, -0.2) is 23.0 Å². The highest BCUT2D eigenvalue weighted by Crippen LogP contribution is 2.16. The number of nitrogens with zero attached hydrogens (tertiary/aromatic N) is 2. The summed E-state index contributed by atoms with van der Waals surface area (Å²) in [4.78, 5) is 6.70. The zero-order valence-electron chi connectivity index (χ0n) is 12.1. The SMILES string of the molecule is Brc1cncc(CNc2ccc(CN3CCCC3)cc2)c1. The van der Waals surface area contributed by atoms with Gasteiger partial charge < -0.3 is 5.32 Å². The van der Waals surface area contributed by atoms with Crippen molar-refractivity contribution < 1.29 is 0 Å². The molecule has 0 aliphatic carbocycles. The first kappa shape index (κ1) is 14.5. The van der Waals surface area contributed by atoms with Gasteiger partial charge >= 0.3 is 0 Å². The fourth-order valence-corrected chi connectivity index (χ4v) is 3.10. The van der Waals surface area contributed by atoms with Gasteiger partial charge in [-0.15, -0.1) is 0 Å². The molecule has 0 saturated carbocycles. The summed E-state index contributed by atoms with van der Waals surface area (Å²) in [5.41, 5.74) is 3.72. The number of anilines is 1. The number of benzene rings is 1. The third kappa shape index (κ3) is 4.29. The molecule has 3 nitrogen and oxygen atoms in total. The number of likely N-dealkylation sites (tertiary alicyclic amines) is 1. The average Bonchev–Trinajstić information content (AvgIpc) is 3.00. The van der Waals surface area contributed by atoms with Crippen LogP contribution in [-0.2, 0) is 13.1 Å². The van der Waals surface area contributed by atoms with Crippen LogP contribution in [0, 0.1) is 0 Å². The van der Waals surface area contributed by atoms with Crippen LogP contribution in [0.25, 0.3) is 0 Å². The normalized spacial score (nSPS) is 15.3. The lowest BCUT2D eigenvalue weighted by Gasteiger charge is -2.15. The smallest absolute Gasteiger partial charge is 0.0416 e. The van der Waals surface area contributed by atoms with Gasteiger partial charge in [-0.25, -0.2) is 0 Å². The van der Waals surface area contributed by atoms with Gasteiger partial charge in [-0.1, -0.05) is 12.1 Å². The van der Waals surface area contributed by atoms with E-state index in [-0.39, 0.29) is 0 Å². The molecule has 0 amide bonds. The predicted molar refractivity (Wildman–Crippen MR) is 90.2 cm³/mol. The standard InChI is InChI=1S/C17H20BrN3/c18-16-9-15(10-19-12-16)11-20-17-5-3-14(4-6-17)13-21-7-1-2-8-21/h3-6,9-10,12,20H,1-2,7-8,11,13H2. The van der Waals surface area contributed by atoms with Gasteiger partial charge in [0.25, 0.3) is 0 Å². The molecule has 21 heavy (non-hydrogen) atoms. The Bertz CT molecular complexity index is 577. The van der Waals surface area contributed by atoms with Crippen molar-refractivity contribution in [3.63, 3.8) is 0 Å². The number of aromatic nitrogens is 1. The fourth-order valence-electron chi connectivity index (χ4n) is 2.68. The lowest BCUT2D eigenvalue weighted by molar-refractivity contribution is 0.331. The van der Waals surface area contributed by atoms with E-state index in [0.29, 0.717) is 0 Å². The predicted octanol–water partition coefficient (Wildman–Crippen LogP) is 4.05. The van der Waals surface area contributed by atoms with Crippen molar-refractivity contribution in [3.8, 4) is 0 Å². The van der Waals surface area contributed by atoms with Crippen molar-refractivity contribution >= 4 is 21.6 Å². The molecule has 0 atom stereocenters. The van der Waals surface area contributed by atoms with E-state index in [0.717, 1.165) is 23.2 Å². The Balaban J connectivity index is 1.54. The Hall–Kier alpha value is -1.39. The summed E-state index contributed by atoms with van der Waals surface area (Å²) in [5, 5.41) is 3.43. The Labute approximate surface area is 134 Å². The maximum absolute atomic E-state index is 4.18. The van der Waals surface area contributed by atoms with E-state index in [1.54, 1.807) is 6.20 Å². The molecule has 1 aromatic carbocycles. The molecule has 1 aromatic heterocycles. The minimum atomic E-state index is 0.790. The van der Waals surface area contributed by atoms with Gasteiger partial charge in [0.1, 0.15) is 0 Å². The van der Waals surface area contributed by atoms with Gasteiger partial charge in [0.15, 0.2) is 0 Å². The minimum Gasteiger partial charge on any atom is -0.381 e. The molecular weight excluding hydrogens is 326 g/mol. The van der Waals surface area contributed by atoms with Gasteiger partial charge in [-0.3, -0.25) is 9.88 Å². The third-order valence-electron chi connectivity index (χ3n) is 3.82. The molecule has 1 saturated heterocycles. The lowest BCUT2D eigenvalue weighted by atomic mass is 10.2. The first-order valence-electron chi connectivity index (χ1n) is 7.44. The van der Waals surface area contributed by atoms with E-state index in [9.17, 15) is 0 Å². The Morgan fingerprint density at radius 2 is 1.81 bits per heavy atom. The summed E-state index contributed by atoms with van der Waals surface area (Å²) in [6, 6.07) is 10.9. The summed E-state index contributed by atoms with van der Waals surface area (Å²) < 4.78 is 1.02. The van der Waals surface area contributed by atoms with Crippen LogP contribution in [0.3, 0.4) is 0 Å². The molecule has 110 valence electrons. The van der Waals surface area contributed by atoms with E-state index in [2.05, 4.69) is 61.5 Å². The van der Waals surface area contributed by atoms with Crippen molar-refractivity contribution in [2.75, 3.05) is 18.4 Å². The molecule has 0 spiro atoms. The van der Waals surface area contributed by atoms with Crippen molar-refractivity contribution in [1.82, 2.24) is 9.88 Å². The third-order valence-corrected chi connectivity index (χ3v) is 4.25. The van der Waals surface area contributed by atoms with E-state index in [1.807, 2.05) is 6.20 Å². The summed E-state index contributed by atoms with van der Waals surface area (Å²) in [7, 11) is 0. The van der Waals surface area contributed by atoms with E-state index in [1.165, 1.54) is 37.1 Å². The Kier molecular flexibility index (Phi) is 4.88. The van der Waals surface area contributed by atoms with Crippen molar-refractivity contribution in [2.24, 2.45) is 0 Å². The van der Waals surface area contributed by atoms with Crippen molar-refractivity contribution in [2.45, 2.75) is 25.9 Å². The van der Waals surface area contributed by atoms with Crippen molar-refractivity contribution in [1.29, 1.82) is 0 Å². The molecule has 0 radical (unpaired) electrons. The number of pyridine rings is 1. The summed E-state index contributed by atoms with van der Waals surface area (Å²) in [6.07, 6.45) is 6.39. The van der Waals surface area contributed by atoms with Crippen molar-refractivity contribution in [3.05, 3.63) is 58.3 Å². The van der Waals surface area contributed by atoms with Gasteiger partial charge in [0, 0.05) is 35.6 Å². The lowest BCUT2D eigenvalue weighted by Crippen LogP contribution is -2.18. The largest absolute Gasteiger partial charge is 0.381 e. The molecule has 3 rings (SSSR count). The molecule has 1 fully saturated rings. The van der Waals surface area contributed by atoms with Gasteiger partial charge in [0.05, 0.1) is 0 Å². The molecule has 1 aliphatic heterocycles. The maximum atomic E-state index is 4.18. The highest BCUT2D eigenvalue weighted by Gasteiger charge is 2.11. The fraction of sp³-hybridized carbons (Fsp3) is 0.353. The molecule has 4 heteroatoms. The van der Waals surface area contributed by atoms with Crippen LogP contribution < -0.4 is 5.32 Å². The topological polar surface area (TPSA) is 28.2 Å². The van der Waals surface area contributed by atoms with Crippen LogP contribution in [0.5, 0.6) is 0 Å². The number of hydrogen-bond donors (Lipinski definition) is 1. The second-order valence-corrected chi connectivity index (χ2v) is 6.46. The van der Waals surface area contributed by atoms with Crippen LogP contribution in [0.1, 0.15) is 24.0 Å². The highest BCUT2D eigenvalue weighted by atomic mass is 79.9. The van der Waals surface area contributed by atoms with E-state index >= 15 is 0 Å². The summed E-state index contributed by atoms with van der Waals surface area (Å²) >= 11 is 3.44. The maximum Gasteiger partial charge on any atom is 0.0416 e. The van der Waals surface area contributed by atoms with Gasteiger partial charge in [-0.2, -0.15) is 0 Å². The molecular formula is C17H20BrN3. The zero-order valence-corrected chi connectivity index (χ0v) is 13.6. The Morgan fingerprint density at radius 1 is 1.05 bits per heavy atom. The number of halogens is 1. The molecule has 2 aromatic rings. The monoisotopic (exact) mass is 345 g/mol. The molecule has 2 heterocycles. The van der Waals surface area contributed by atoms with Gasteiger partial charge in [-0.05, 0) is 71.2 Å². The average molecular weight is 346 g/mol. The summed E-state index contributed by atoms with van der Waals surface area (Å²) in [6.45, 7) is 4.36. The second kappa shape index (κ2) is 7.05. The summed E-state index contributed by atoms with van der Waals surface area (Å²) in [5.74, 6) is 0. The van der Waals surface area contributed by atoms with E-state index in [4.69, 9.17) is 0 Å². The van der Waals surface area contributed by atoms with Gasteiger partial charge in [0.2, 0.25) is 0 Å². The first-order chi connectivity index (χ1) is 10.3. The molecule has 0 unspecified atom stereocenters. The number of nitrogens with one attached hydrogen (secondary N) is 1. The quantitative estimate of drug-likeness (QED) is 0.885.